The monoisotopic (exact) mass is 341 g/mol. The maximum absolute atomic E-state index is 12.0. The van der Waals surface area contributed by atoms with E-state index in [4.69, 9.17) is 11.6 Å². The maximum Gasteiger partial charge on any atom is 0.251 e. The van der Waals surface area contributed by atoms with E-state index in [1.165, 1.54) is 0 Å². The van der Waals surface area contributed by atoms with E-state index >= 15 is 0 Å². The first-order valence-corrected chi connectivity index (χ1v) is 6.87. The quantitative estimate of drug-likeness (QED) is 0.932. The molecule has 1 amide bonds. The molecule has 0 saturated carbocycles. The van der Waals surface area contributed by atoms with Gasteiger partial charge in [-0.2, -0.15) is 5.10 Å². The molecule has 2 rings (SSSR count). The molecule has 1 aromatic heterocycles. The van der Waals surface area contributed by atoms with Crippen molar-refractivity contribution in [3.8, 4) is 0 Å². The van der Waals surface area contributed by atoms with E-state index in [1.807, 2.05) is 20.2 Å². The van der Waals surface area contributed by atoms with Gasteiger partial charge >= 0.3 is 0 Å². The van der Waals surface area contributed by atoms with E-state index in [2.05, 4.69) is 26.3 Å². The third-order valence-electron chi connectivity index (χ3n) is 2.74. The minimum Gasteiger partial charge on any atom is -0.348 e. The van der Waals surface area contributed by atoms with Crippen LogP contribution in [0.25, 0.3) is 0 Å². The number of aromatic nitrogens is 2. The Hall–Kier alpha value is -1.33. The highest BCUT2D eigenvalue weighted by Gasteiger charge is 2.09. The number of hydrogen-bond donors (Lipinski definition) is 1. The molecule has 1 aromatic carbocycles. The van der Waals surface area contributed by atoms with Gasteiger partial charge in [-0.15, -0.1) is 0 Å². The van der Waals surface area contributed by atoms with Crippen molar-refractivity contribution in [2.45, 2.75) is 13.5 Å². The fraction of sp³-hybridized carbons (Fsp3) is 0.231. The lowest BCUT2D eigenvalue weighted by Crippen LogP contribution is -2.22. The van der Waals surface area contributed by atoms with Crippen molar-refractivity contribution in [2.75, 3.05) is 0 Å². The topological polar surface area (TPSA) is 46.9 Å². The highest BCUT2D eigenvalue weighted by molar-refractivity contribution is 9.10. The summed E-state index contributed by atoms with van der Waals surface area (Å²) in [4.78, 5) is 12.0. The summed E-state index contributed by atoms with van der Waals surface area (Å²) < 4.78 is 2.44. The van der Waals surface area contributed by atoms with Crippen molar-refractivity contribution >= 4 is 33.4 Å². The summed E-state index contributed by atoms with van der Waals surface area (Å²) in [7, 11) is 1.86. The van der Waals surface area contributed by atoms with Crippen molar-refractivity contribution in [3.05, 3.63) is 50.7 Å². The van der Waals surface area contributed by atoms with Crippen molar-refractivity contribution in [3.63, 3.8) is 0 Å². The molecule has 100 valence electrons. The van der Waals surface area contributed by atoms with Crippen LogP contribution >= 0.6 is 27.5 Å². The predicted octanol–water partition coefficient (Wildman–Crippen LogP) is 3.07. The Bertz CT molecular complexity index is 624. The van der Waals surface area contributed by atoms with Crippen molar-refractivity contribution in [2.24, 2.45) is 7.05 Å². The molecule has 6 heteroatoms. The summed E-state index contributed by atoms with van der Waals surface area (Å²) in [6.45, 7) is 2.37. The van der Waals surface area contributed by atoms with Crippen LogP contribution in [-0.2, 0) is 13.6 Å². The van der Waals surface area contributed by atoms with Gasteiger partial charge in [0.2, 0.25) is 0 Å². The first-order valence-electron chi connectivity index (χ1n) is 5.69. The zero-order valence-corrected chi connectivity index (χ0v) is 12.9. The predicted molar refractivity (Wildman–Crippen MR) is 78.3 cm³/mol. The van der Waals surface area contributed by atoms with Gasteiger partial charge < -0.3 is 5.32 Å². The fourth-order valence-corrected chi connectivity index (χ4v) is 2.23. The van der Waals surface area contributed by atoms with E-state index in [0.29, 0.717) is 21.6 Å². The molecule has 0 spiro atoms. The number of carbonyl (C=O) groups is 1. The Morgan fingerprint density at radius 1 is 1.53 bits per heavy atom. The maximum atomic E-state index is 12.0. The molecule has 1 N–H and O–H groups in total. The smallest absolute Gasteiger partial charge is 0.251 e. The molecule has 19 heavy (non-hydrogen) atoms. The number of nitrogens with one attached hydrogen (secondary N) is 1. The third-order valence-corrected chi connectivity index (χ3v) is 3.95. The number of aryl methyl sites for hydroxylation is 2. The normalized spacial score (nSPS) is 10.5. The number of halogens is 2. The molecule has 0 saturated heterocycles. The van der Waals surface area contributed by atoms with Crippen LogP contribution in [0.15, 0.2) is 28.9 Å². The Balaban J connectivity index is 2.05. The van der Waals surface area contributed by atoms with Crippen LogP contribution in [0, 0.1) is 6.92 Å². The van der Waals surface area contributed by atoms with Crippen LogP contribution in [0.4, 0.5) is 0 Å². The zero-order valence-electron chi connectivity index (χ0n) is 10.6. The molecule has 1 heterocycles. The van der Waals surface area contributed by atoms with Gasteiger partial charge in [-0.05, 0) is 41.1 Å². The lowest BCUT2D eigenvalue weighted by atomic mass is 10.2. The number of benzene rings is 1. The lowest BCUT2D eigenvalue weighted by molar-refractivity contribution is 0.0951. The molecule has 0 aliphatic carbocycles. The summed E-state index contributed by atoms with van der Waals surface area (Å²) in [6, 6.07) is 5.09. The molecule has 0 bridgehead atoms. The fourth-order valence-electron chi connectivity index (χ4n) is 1.74. The zero-order chi connectivity index (χ0) is 14.0. The van der Waals surface area contributed by atoms with E-state index in [-0.39, 0.29) is 5.91 Å². The second-order valence-electron chi connectivity index (χ2n) is 4.22. The van der Waals surface area contributed by atoms with Crippen LogP contribution in [-0.4, -0.2) is 15.7 Å². The minimum absolute atomic E-state index is 0.138. The second-order valence-corrected chi connectivity index (χ2v) is 5.49. The first kappa shape index (κ1) is 14.1. The van der Waals surface area contributed by atoms with Crippen LogP contribution < -0.4 is 5.32 Å². The third kappa shape index (κ3) is 3.36. The average Bonchev–Trinajstić information content (AvgIpc) is 2.68. The molecule has 2 aromatic rings. The largest absolute Gasteiger partial charge is 0.348 e. The van der Waals surface area contributed by atoms with Crippen molar-refractivity contribution in [1.82, 2.24) is 15.1 Å². The molecule has 0 radical (unpaired) electrons. The highest BCUT2D eigenvalue weighted by atomic mass is 79.9. The van der Waals surface area contributed by atoms with E-state index in [1.54, 1.807) is 22.9 Å². The van der Waals surface area contributed by atoms with Gasteiger partial charge in [0.15, 0.2) is 0 Å². The van der Waals surface area contributed by atoms with E-state index in [9.17, 15) is 4.79 Å². The molecule has 0 atom stereocenters. The SMILES string of the molecule is Cc1nn(C)cc1CNC(=O)c1ccc(Cl)c(Br)c1. The van der Waals surface area contributed by atoms with Crippen LogP contribution in [0.3, 0.4) is 0 Å². The molecular weight excluding hydrogens is 330 g/mol. The van der Waals surface area contributed by atoms with Gasteiger partial charge in [0, 0.05) is 35.4 Å². The van der Waals surface area contributed by atoms with Crippen LogP contribution in [0.5, 0.6) is 0 Å². The number of amides is 1. The molecule has 0 aliphatic rings. The summed E-state index contributed by atoms with van der Waals surface area (Å²) >= 11 is 9.19. The molecule has 4 nitrogen and oxygen atoms in total. The molecule has 0 aliphatic heterocycles. The van der Waals surface area contributed by atoms with Gasteiger partial charge in [0.05, 0.1) is 10.7 Å². The van der Waals surface area contributed by atoms with Gasteiger partial charge in [-0.3, -0.25) is 9.48 Å². The Morgan fingerprint density at radius 2 is 2.26 bits per heavy atom. The Kier molecular flexibility index (Phi) is 4.27. The summed E-state index contributed by atoms with van der Waals surface area (Å²) in [5.74, 6) is -0.138. The van der Waals surface area contributed by atoms with Crippen LogP contribution in [0.1, 0.15) is 21.6 Å². The number of hydrogen-bond acceptors (Lipinski definition) is 2. The lowest BCUT2D eigenvalue weighted by Gasteiger charge is -2.05. The highest BCUT2D eigenvalue weighted by Crippen LogP contribution is 2.23. The Morgan fingerprint density at radius 3 is 2.84 bits per heavy atom. The summed E-state index contributed by atoms with van der Waals surface area (Å²) in [5.41, 5.74) is 2.49. The Labute approximate surface area is 124 Å². The number of rotatable bonds is 3. The summed E-state index contributed by atoms with van der Waals surface area (Å²) in [5, 5.41) is 7.67. The first-order chi connectivity index (χ1) is 8.97. The average molecular weight is 343 g/mol. The molecular formula is C13H13BrClN3O. The standard InChI is InChI=1S/C13H13BrClN3O/c1-8-10(7-18(2)17-8)6-16-13(19)9-3-4-12(15)11(14)5-9/h3-5,7H,6H2,1-2H3,(H,16,19). The van der Waals surface area contributed by atoms with Crippen LogP contribution in [0.2, 0.25) is 5.02 Å². The van der Waals surface area contributed by atoms with Gasteiger partial charge in [0.1, 0.15) is 0 Å². The van der Waals surface area contributed by atoms with E-state index < -0.39 is 0 Å². The second kappa shape index (κ2) is 5.75. The number of carbonyl (C=O) groups excluding carboxylic acids is 1. The van der Waals surface area contributed by atoms with Crippen molar-refractivity contribution < 1.29 is 4.79 Å². The minimum atomic E-state index is -0.138. The summed E-state index contributed by atoms with van der Waals surface area (Å²) in [6.07, 6.45) is 1.90. The van der Waals surface area contributed by atoms with Crippen molar-refractivity contribution in [1.29, 1.82) is 0 Å². The molecule has 0 fully saturated rings. The van der Waals surface area contributed by atoms with Gasteiger partial charge in [-0.25, -0.2) is 0 Å². The van der Waals surface area contributed by atoms with Gasteiger partial charge in [0.25, 0.3) is 5.91 Å². The molecule has 0 unspecified atom stereocenters. The van der Waals surface area contributed by atoms with Gasteiger partial charge in [-0.1, -0.05) is 11.6 Å². The number of nitrogens with zero attached hydrogens (tertiary/aromatic N) is 2. The van der Waals surface area contributed by atoms with E-state index in [0.717, 1.165) is 11.3 Å².